The van der Waals surface area contributed by atoms with Crippen LogP contribution in [0.2, 0.25) is 5.02 Å². The average molecular weight is 217 g/mol. The molecule has 0 heterocycles. The van der Waals surface area contributed by atoms with Crippen molar-refractivity contribution < 1.29 is 4.74 Å². The van der Waals surface area contributed by atoms with Gasteiger partial charge in [0.2, 0.25) is 0 Å². The fourth-order valence-electron chi connectivity index (χ4n) is 0.869. The fourth-order valence-corrected chi connectivity index (χ4v) is 1.04. The number of hydrogen-bond donors (Lipinski definition) is 0. The molecular weight excluding hydrogens is 207 g/mol. The first-order chi connectivity index (χ1) is 6.09. The lowest BCUT2D eigenvalue weighted by molar-refractivity contribution is 0.359. The summed E-state index contributed by atoms with van der Waals surface area (Å²) in [4.78, 5) is 0. The molecule has 0 spiro atoms. The zero-order chi connectivity index (χ0) is 9.84. The molecule has 3 heteroatoms. The van der Waals surface area contributed by atoms with Crippen LogP contribution in [0.5, 0.6) is 5.75 Å². The lowest BCUT2D eigenvalue weighted by atomic mass is 10.2. The van der Waals surface area contributed by atoms with Gasteiger partial charge >= 0.3 is 0 Å². The first-order valence-electron chi connectivity index (χ1n) is 3.82. The Morgan fingerprint density at radius 3 is 2.77 bits per heavy atom. The van der Waals surface area contributed by atoms with E-state index in [2.05, 4.69) is 6.58 Å². The van der Waals surface area contributed by atoms with E-state index in [4.69, 9.17) is 27.9 Å². The highest BCUT2D eigenvalue weighted by molar-refractivity contribution is 6.31. The number of hydrogen-bond acceptors (Lipinski definition) is 1. The molecule has 0 aliphatic rings. The largest absolute Gasteiger partial charge is 0.488 e. The van der Waals surface area contributed by atoms with Crippen molar-refractivity contribution in [3.05, 3.63) is 40.4 Å². The number of aryl methyl sites for hydroxylation is 1. The molecule has 1 aromatic carbocycles. The van der Waals surface area contributed by atoms with Crippen molar-refractivity contribution in [1.82, 2.24) is 0 Å². The van der Waals surface area contributed by atoms with Crippen LogP contribution >= 0.6 is 23.2 Å². The van der Waals surface area contributed by atoms with Crippen molar-refractivity contribution >= 4 is 23.2 Å². The van der Waals surface area contributed by atoms with Crippen LogP contribution in [0.1, 0.15) is 5.56 Å². The number of benzene rings is 1. The summed E-state index contributed by atoms with van der Waals surface area (Å²) in [6, 6.07) is 5.46. The van der Waals surface area contributed by atoms with Crippen LogP contribution in [0.3, 0.4) is 0 Å². The zero-order valence-electron chi connectivity index (χ0n) is 7.31. The van der Waals surface area contributed by atoms with Crippen LogP contribution in [0.4, 0.5) is 0 Å². The van der Waals surface area contributed by atoms with Crippen molar-refractivity contribution in [3.8, 4) is 5.75 Å². The Hall–Kier alpha value is -0.660. The Kier molecular flexibility index (Phi) is 3.64. The standard InChI is InChI=1S/C10H10Cl2O/c1-7-5-9(3-4-10(7)12)13-6-8(2)11/h3-5H,2,6H2,1H3. The lowest BCUT2D eigenvalue weighted by Gasteiger charge is -2.06. The van der Waals surface area contributed by atoms with Crippen LogP contribution < -0.4 is 4.74 Å². The maximum atomic E-state index is 5.84. The van der Waals surface area contributed by atoms with E-state index >= 15 is 0 Å². The van der Waals surface area contributed by atoms with Crippen LogP contribution in [0.25, 0.3) is 0 Å². The Labute approximate surface area is 87.9 Å². The van der Waals surface area contributed by atoms with Crippen molar-refractivity contribution in [2.24, 2.45) is 0 Å². The van der Waals surface area contributed by atoms with E-state index in [0.717, 1.165) is 16.3 Å². The van der Waals surface area contributed by atoms with Gasteiger partial charge in [-0.05, 0) is 30.7 Å². The molecule has 0 aromatic heterocycles. The van der Waals surface area contributed by atoms with Crippen LogP contribution in [-0.4, -0.2) is 6.61 Å². The molecular formula is C10H10Cl2O. The van der Waals surface area contributed by atoms with Crippen LogP contribution in [-0.2, 0) is 0 Å². The summed E-state index contributed by atoms with van der Waals surface area (Å²) in [5.74, 6) is 0.753. The molecule has 0 saturated heterocycles. The minimum atomic E-state index is 0.322. The van der Waals surface area contributed by atoms with E-state index < -0.39 is 0 Å². The second-order valence-electron chi connectivity index (χ2n) is 2.72. The van der Waals surface area contributed by atoms with Crippen molar-refractivity contribution in [2.75, 3.05) is 6.61 Å². The second kappa shape index (κ2) is 4.54. The second-order valence-corrected chi connectivity index (χ2v) is 3.66. The van der Waals surface area contributed by atoms with Gasteiger partial charge in [-0.3, -0.25) is 0 Å². The molecule has 0 aliphatic heterocycles. The Bertz CT molecular complexity index is 321. The van der Waals surface area contributed by atoms with Gasteiger partial charge in [-0.15, -0.1) is 0 Å². The van der Waals surface area contributed by atoms with E-state index in [1.807, 2.05) is 13.0 Å². The number of halogens is 2. The van der Waals surface area contributed by atoms with E-state index in [-0.39, 0.29) is 0 Å². The van der Waals surface area contributed by atoms with E-state index in [1.165, 1.54) is 0 Å². The van der Waals surface area contributed by atoms with Gasteiger partial charge in [-0.25, -0.2) is 0 Å². The van der Waals surface area contributed by atoms with Gasteiger partial charge < -0.3 is 4.74 Å². The van der Waals surface area contributed by atoms with Crippen molar-refractivity contribution in [2.45, 2.75) is 6.92 Å². The third kappa shape index (κ3) is 3.29. The summed E-state index contributed by atoms with van der Waals surface area (Å²) in [7, 11) is 0. The van der Waals surface area contributed by atoms with Gasteiger partial charge in [0.25, 0.3) is 0 Å². The molecule has 0 bridgehead atoms. The topological polar surface area (TPSA) is 9.23 Å². The zero-order valence-corrected chi connectivity index (χ0v) is 8.82. The molecule has 0 saturated carbocycles. The molecule has 0 fully saturated rings. The van der Waals surface area contributed by atoms with Gasteiger partial charge in [-0.1, -0.05) is 29.8 Å². The molecule has 1 nitrogen and oxygen atoms in total. The average Bonchev–Trinajstić information content (AvgIpc) is 2.07. The summed E-state index contributed by atoms with van der Waals surface area (Å²) in [6.07, 6.45) is 0. The highest BCUT2D eigenvalue weighted by Gasteiger charge is 1.98. The Balaban J connectivity index is 2.68. The minimum Gasteiger partial charge on any atom is -0.488 e. The molecule has 0 amide bonds. The molecule has 13 heavy (non-hydrogen) atoms. The maximum absolute atomic E-state index is 5.84. The Morgan fingerprint density at radius 2 is 2.23 bits per heavy atom. The number of ether oxygens (including phenoxy) is 1. The molecule has 0 N–H and O–H groups in total. The summed E-state index contributed by atoms with van der Waals surface area (Å²) in [5.41, 5.74) is 0.986. The molecule has 70 valence electrons. The van der Waals surface area contributed by atoms with Gasteiger partial charge in [-0.2, -0.15) is 0 Å². The molecule has 1 rings (SSSR count). The predicted molar refractivity (Wildman–Crippen MR) is 56.7 cm³/mol. The summed E-state index contributed by atoms with van der Waals surface area (Å²) >= 11 is 11.4. The normalized spacial score (nSPS) is 9.77. The molecule has 0 aliphatic carbocycles. The fraction of sp³-hybridized carbons (Fsp3) is 0.200. The quantitative estimate of drug-likeness (QED) is 0.748. The number of rotatable bonds is 3. The van der Waals surface area contributed by atoms with Gasteiger partial charge in [0.05, 0.1) is 0 Å². The lowest BCUT2D eigenvalue weighted by Crippen LogP contribution is -1.96. The van der Waals surface area contributed by atoms with E-state index in [1.54, 1.807) is 12.1 Å². The van der Waals surface area contributed by atoms with Gasteiger partial charge in [0.1, 0.15) is 12.4 Å². The predicted octanol–water partition coefficient (Wildman–Crippen LogP) is 3.78. The molecule has 1 aromatic rings. The van der Waals surface area contributed by atoms with Crippen molar-refractivity contribution in [1.29, 1.82) is 0 Å². The smallest absolute Gasteiger partial charge is 0.123 e. The summed E-state index contributed by atoms with van der Waals surface area (Å²) in [5, 5.41) is 1.21. The Morgan fingerprint density at radius 1 is 1.54 bits per heavy atom. The van der Waals surface area contributed by atoms with Crippen LogP contribution in [0, 0.1) is 6.92 Å². The van der Waals surface area contributed by atoms with Crippen LogP contribution in [0.15, 0.2) is 29.8 Å². The third-order valence-electron chi connectivity index (χ3n) is 1.52. The first-order valence-corrected chi connectivity index (χ1v) is 4.57. The van der Waals surface area contributed by atoms with Gasteiger partial charge in [0, 0.05) is 10.1 Å². The summed E-state index contributed by atoms with van der Waals surface area (Å²) < 4.78 is 5.31. The molecule has 0 atom stereocenters. The first kappa shape index (κ1) is 10.4. The highest BCUT2D eigenvalue weighted by atomic mass is 35.5. The molecule has 0 radical (unpaired) electrons. The van der Waals surface area contributed by atoms with Gasteiger partial charge in [0.15, 0.2) is 0 Å². The van der Waals surface area contributed by atoms with E-state index in [9.17, 15) is 0 Å². The third-order valence-corrected chi connectivity index (χ3v) is 2.06. The van der Waals surface area contributed by atoms with E-state index in [0.29, 0.717) is 11.6 Å². The highest BCUT2D eigenvalue weighted by Crippen LogP contribution is 2.21. The summed E-state index contributed by atoms with van der Waals surface area (Å²) in [6.45, 7) is 5.77. The maximum Gasteiger partial charge on any atom is 0.123 e. The minimum absolute atomic E-state index is 0.322. The monoisotopic (exact) mass is 216 g/mol. The molecule has 0 unspecified atom stereocenters. The SMILES string of the molecule is C=C(Cl)COc1ccc(Cl)c(C)c1. The van der Waals surface area contributed by atoms with Crippen molar-refractivity contribution in [3.63, 3.8) is 0 Å².